The van der Waals surface area contributed by atoms with Gasteiger partial charge in [-0.1, -0.05) is 27.7 Å². The van der Waals surface area contributed by atoms with E-state index in [9.17, 15) is 24.3 Å². The number of hydrogen-bond donors (Lipinski definition) is 6. The molecule has 3 atom stereocenters. The number of carboxylic acid groups (broad SMARTS) is 1. The predicted octanol–water partition coefficient (Wildman–Crippen LogP) is -2.21. The largest absolute Gasteiger partial charge is 0.480 e. The number of carbonyl (C=O) groups is 4. The van der Waals surface area contributed by atoms with Gasteiger partial charge >= 0.3 is 5.97 Å². The van der Waals surface area contributed by atoms with Gasteiger partial charge in [-0.05, 0) is 11.8 Å². The van der Waals surface area contributed by atoms with E-state index in [4.69, 9.17) is 10.8 Å². The van der Waals surface area contributed by atoms with Crippen molar-refractivity contribution >= 4 is 23.7 Å². The number of aliphatic hydroxyl groups excluding tert-OH is 1. The summed E-state index contributed by atoms with van der Waals surface area (Å²) in [6.45, 7) is 5.57. The van der Waals surface area contributed by atoms with Crippen LogP contribution in [0.5, 0.6) is 0 Å². The van der Waals surface area contributed by atoms with Gasteiger partial charge in [0.05, 0.1) is 19.2 Å². The summed E-state index contributed by atoms with van der Waals surface area (Å²) in [6.07, 6.45) is 0. The minimum atomic E-state index is -1.26. The summed E-state index contributed by atoms with van der Waals surface area (Å²) in [4.78, 5) is 46.5. The van der Waals surface area contributed by atoms with E-state index < -0.39 is 55.0 Å². The minimum Gasteiger partial charge on any atom is -0.480 e. The second kappa shape index (κ2) is 10.6. The summed E-state index contributed by atoms with van der Waals surface area (Å²) in [5, 5.41) is 25.0. The molecule has 144 valence electrons. The Balaban J connectivity index is 4.57. The lowest BCUT2D eigenvalue weighted by atomic mass is 10.0. The first-order valence-corrected chi connectivity index (χ1v) is 7.97. The highest BCUT2D eigenvalue weighted by Gasteiger charge is 2.26. The van der Waals surface area contributed by atoms with E-state index in [-0.39, 0.29) is 11.8 Å². The van der Waals surface area contributed by atoms with E-state index in [1.807, 2.05) is 0 Å². The zero-order valence-corrected chi connectivity index (χ0v) is 14.9. The maximum absolute atomic E-state index is 11.9. The SMILES string of the molecule is CC(C)C(N)C(=O)NC(CO)C(=O)NCC(=O)NC(C(=O)O)C(C)C. The molecule has 0 fully saturated rings. The molecule has 0 aliphatic heterocycles. The monoisotopic (exact) mass is 360 g/mol. The minimum absolute atomic E-state index is 0.155. The van der Waals surface area contributed by atoms with Crippen LogP contribution in [0, 0.1) is 11.8 Å². The normalized spacial score (nSPS) is 14.6. The number of aliphatic hydroxyl groups is 1. The lowest BCUT2D eigenvalue weighted by molar-refractivity contribution is -0.143. The van der Waals surface area contributed by atoms with Gasteiger partial charge in [0.25, 0.3) is 0 Å². The van der Waals surface area contributed by atoms with Gasteiger partial charge in [0.15, 0.2) is 0 Å². The lowest BCUT2D eigenvalue weighted by Crippen LogP contribution is -2.55. The van der Waals surface area contributed by atoms with Crippen LogP contribution in [-0.2, 0) is 19.2 Å². The Hall–Kier alpha value is -2.20. The number of nitrogens with two attached hydrogens (primary N) is 1. The number of carbonyl (C=O) groups excluding carboxylic acids is 3. The molecule has 10 nitrogen and oxygen atoms in total. The van der Waals surface area contributed by atoms with Crippen molar-refractivity contribution in [1.29, 1.82) is 0 Å². The highest BCUT2D eigenvalue weighted by molar-refractivity contribution is 5.92. The molecule has 0 aromatic rings. The molecular weight excluding hydrogens is 332 g/mol. The molecule has 0 aliphatic carbocycles. The molecule has 25 heavy (non-hydrogen) atoms. The Morgan fingerprint density at radius 3 is 1.92 bits per heavy atom. The van der Waals surface area contributed by atoms with Crippen LogP contribution in [-0.4, -0.2) is 65.2 Å². The van der Waals surface area contributed by atoms with Gasteiger partial charge in [0.2, 0.25) is 17.7 Å². The van der Waals surface area contributed by atoms with Gasteiger partial charge in [-0.3, -0.25) is 14.4 Å². The Morgan fingerprint density at radius 2 is 1.52 bits per heavy atom. The van der Waals surface area contributed by atoms with Crippen LogP contribution in [0.4, 0.5) is 0 Å². The van der Waals surface area contributed by atoms with E-state index in [1.165, 1.54) is 0 Å². The number of carboxylic acids is 1. The Morgan fingerprint density at radius 1 is 0.960 bits per heavy atom. The summed E-state index contributed by atoms with van der Waals surface area (Å²) < 4.78 is 0. The van der Waals surface area contributed by atoms with Gasteiger partial charge in [-0.25, -0.2) is 4.79 Å². The van der Waals surface area contributed by atoms with Gasteiger partial charge in [0.1, 0.15) is 12.1 Å². The van der Waals surface area contributed by atoms with Crippen molar-refractivity contribution in [3.8, 4) is 0 Å². The maximum atomic E-state index is 11.9. The third-order valence-electron chi connectivity index (χ3n) is 3.51. The van der Waals surface area contributed by atoms with Gasteiger partial charge < -0.3 is 31.9 Å². The second-order valence-corrected chi connectivity index (χ2v) is 6.36. The highest BCUT2D eigenvalue weighted by Crippen LogP contribution is 2.01. The zero-order valence-electron chi connectivity index (χ0n) is 14.9. The van der Waals surface area contributed by atoms with Crippen molar-refractivity contribution < 1.29 is 29.4 Å². The molecule has 0 aromatic carbocycles. The summed E-state index contributed by atoms with van der Waals surface area (Å²) >= 11 is 0. The number of nitrogens with one attached hydrogen (secondary N) is 3. The van der Waals surface area contributed by atoms with Crippen LogP contribution < -0.4 is 21.7 Å². The number of rotatable bonds is 10. The van der Waals surface area contributed by atoms with E-state index in [1.54, 1.807) is 27.7 Å². The second-order valence-electron chi connectivity index (χ2n) is 6.36. The number of aliphatic carboxylic acids is 1. The first-order valence-electron chi connectivity index (χ1n) is 7.97. The molecule has 3 unspecified atom stereocenters. The molecule has 0 heterocycles. The van der Waals surface area contributed by atoms with Crippen LogP contribution in [0.15, 0.2) is 0 Å². The fraction of sp³-hybridized carbons (Fsp3) is 0.733. The average Bonchev–Trinajstić information content (AvgIpc) is 2.53. The molecule has 7 N–H and O–H groups in total. The number of hydrogen-bond acceptors (Lipinski definition) is 6. The molecule has 0 rings (SSSR count). The topological polar surface area (TPSA) is 171 Å². The van der Waals surface area contributed by atoms with Crippen LogP contribution in [0.1, 0.15) is 27.7 Å². The summed E-state index contributed by atoms with van der Waals surface area (Å²) in [7, 11) is 0. The fourth-order valence-electron chi connectivity index (χ4n) is 1.79. The summed E-state index contributed by atoms with van der Waals surface area (Å²) in [5.41, 5.74) is 5.65. The van der Waals surface area contributed by atoms with E-state index in [0.29, 0.717) is 0 Å². The third-order valence-corrected chi connectivity index (χ3v) is 3.51. The maximum Gasteiger partial charge on any atom is 0.326 e. The van der Waals surface area contributed by atoms with Crippen molar-refractivity contribution in [2.75, 3.05) is 13.2 Å². The molecule has 0 radical (unpaired) electrons. The molecule has 0 aliphatic rings. The predicted molar refractivity (Wildman–Crippen MR) is 89.2 cm³/mol. The lowest BCUT2D eigenvalue weighted by Gasteiger charge is -2.21. The molecule has 10 heteroatoms. The molecular formula is C15H28N4O6. The molecule has 0 spiro atoms. The molecule has 0 aromatic heterocycles. The van der Waals surface area contributed by atoms with E-state index >= 15 is 0 Å². The van der Waals surface area contributed by atoms with Crippen LogP contribution in [0.2, 0.25) is 0 Å². The average molecular weight is 360 g/mol. The summed E-state index contributed by atoms with van der Waals surface area (Å²) in [5.74, 6) is -3.75. The van der Waals surface area contributed by atoms with Gasteiger partial charge in [-0.2, -0.15) is 0 Å². The van der Waals surface area contributed by atoms with Crippen molar-refractivity contribution in [2.24, 2.45) is 17.6 Å². The summed E-state index contributed by atoms with van der Waals surface area (Å²) in [6, 6.07) is -3.18. The molecule has 0 saturated heterocycles. The molecule has 0 bridgehead atoms. The van der Waals surface area contributed by atoms with Crippen molar-refractivity contribution in [2.45, 2.75) is 45.8 Å². The van der Waals surface area contributed by atoms with Gasteiger partial charge in [-0.15, -0.1) is 0 Å². The smallest absolute Gasteiger partial charge is 0.326 e. The quantitative estimate of drug-likeness (QED) is 0.256. The fourth-order valence-corrected chi connectivity index (χ4v) is 1.79. The highest BCUT2D eigenvalue weighted by atomic mass is 16.4. The molecule has 0 saturated carbocycles. The van der Waals surface area contributed by atoms with Crippen molar-refractivity contribution in [1.82, 2.24) is 16.0 Å². The van der Waals surface area contributed by atoms with Crippen LogP contribution >= 0.6 is 0 Å². The van der Waals surface area contributed by atoms with E-state index in [0.717, 1.165) is 0 Å². The Labute approximate surface area is 146 Å². The van der Waals surface area contributed by atoms with E-state index in [2.05, 4.69) is 16.0 Å². The van der Waals surface area contributed by atoms with Gasteiger partial charge in [0, 0.05) is 0 Å². The molecule has 3 amide bonds. The first kappa shape index (κ1) is 22.8. The Kier molecular flexibility index (Phi) is 9.69. The Bertz CT molecular complexity index is 494. The van der Waals surface area contributed by atoms with Crippen molar-refractivity contribution in [3.05, 3.63) is 0 Å². The third kappa shape index (κ3) is 7.94. The van der Waals surface area contributed by atoms with Crippen molar-refractivity contribution in [3.63, 3.8) is 0 Å². The van der Waals surface area contributed by atoms with Crippen LogP contribution in [0.25, 0.3) is 0 Å². The first-order chi connectivity index (χ1) is 11.5. The standard InChI is InChI=1S/C15H28N4O6/c1-7(2)11(16)14(23)18-9(6-20)13(22)17-5-10(21)19-12(8(3)4)15(24)25/h7-9,11-12,20H,5-6,16H2,1-4H3,(H,17,22)(H,18,23)(H,19,21)(H,24,25). The zero-order chi connectivity index (χ0) is 19.7. The van der Waals surface area contributed by atoms with Crippen LogP contribution in [0.3, 0.4) is 0 Å². The number of amides is 3.